The van der Waals surface area contributed by atoms with Crippen LogP contribution in [0, 0.1) is 19.8 Å². The number of rotatable bonds is 3. The average molecular weight is 285 g/mol. The Kier molecular flexibility index (Phi) is 3.90. The standard InChI is InChI=1S/C20H31N/c1-6-10-20-12-17(7-2)21-18(15(20)5)11-16-9-8-13(3)14(4)19(16)20/h8-9,15,17-18,21H,6-7,10-12H2,1-5H3. The van der Waals surface area contributed by atoms with E-state index >= 15 is 0 Å². The van der Waals surface area contributed by atoms with Gasteiger partial charge in [-0.25, -0.2) is 0 Å². The van der Waals surface area contributed by atoms with Gasteiger partial charge >= 0.3 is 0 Å². The first kappa shape index (κ1) is 15.1. The van der Waals surface area contributed by atoms with Crippen LogP contribution in [0.5, 0.6) is 0 Å². The Morgan fingerprint density at radius 1 is 1.24 bits per heavy atom. The lowest BCUT2D eigenvalue weighted by atomic mass is 9.54. The molecule has 116 valence electrons. The Morgan fingerprint density at radius 2 is 2.00 bits per heavy atom. The van der Waals surface area contributed by atoms with Crippen LogP contribution >= 0.6 is 0 Å². The van der Waals surface area contributed by atoms with E-state index in [-0.39, 0.29) is 0 Å². The van der Waals surface area contributed by atoms with Gasteiger partial charge in [-0.1, -0.05) is 39.3 Å². The summed E-state index contributed by atoms with van der Waals surface area (Å²) in [6.45, 7) is 11.8. The Bertz CT molecular complexity index is 533. The summed E-state index contributed by atoms with van der Waals surface area (Å²) in [5, 5.41) is 3.94. The van der Waals surface area contributed by atoms with E-state index in [4.69, 9.17) is 0 Å². The SMILES string of the molecule is CCCC12CC(CC)NC(Cc3ccc(C)c(C)c31)C2C. The normalized spacial score (nSPS) is 34.6. The molecule has 1 aromatic carbocycles. The highest BCUT2D eigenvalue weighted by atomic mass is 15.0. The Balaban J connectivity index is 2.20. The van der Waals surface area contributed by atoms with Crippen molar-refractivity contribution in [2.24, 2.45) is 5.92 Å². The quantitative estimate of drug-likeness (QED) is 0.850. The van der Waals surface area contributed by atoms with E-state index in [1.165, 1.54) is 37.7 Å². The fourth-order valence-corrected chi connectivity index (χ4v) is 5.22. The summed E-state index contributed by atoms with van der Waals surface area (Å²) in [5.74, 6) is 0.758. The molecule has 1 nitrogen and oxygen atoms in total. The highest BCUT2D eigenvalue weighted by molar-refractivity contribution is 5.48. The van der Waals surface area contributed by atoms with Crippen LogP contribution in [0.15, 0.2) is 12.1 Å². The van der Waals surface area contributed by atoms with E-state index in [0.29, 0.717) is 17.5 Å². The smallest absolute Gasteiger partial charge is 0.0144 e. The molecule has 1 heterocycles. The van der Waals surface area contributed by atoms with Crippen LogP contribution in [0.3, 0.4) is 0 Å². The molecule has 1 heteroatoms. The van der Waals surface area contributed by atoms with E-state index in [1.807, 2.05) is 0 Å². The fraction of sp³-hybridized carbons (Fsp3) is 0.700. The molecule has 1 aromatic rings. The lowest BCUT2D eigenvalue weighted by molar-refractivity contribution is 0.0956. The van der Waals surface area contributed by atoms with Crippen LogP contribution in [0.25, 0.3) is 0 Å². The molecule has 0 saturated carbocycles. The lowest BCUT2D eigenvalue weighted by Crippen LogP contribution is -2.61. The van der Waals surface area contributed by atoms with Gasteiger partial charge in [0.2, 0.25) is 0 Å². The van der Waals surface area contributed by atoms with Crippen molar-refractivity contribution in [3.8, 4) is 0 Å². The minimum Gasteiger partial charge on any atom is -0.311 e. The Hall–Kier alpha value is -0.820. The molecule has 4 atom stereocenters. The number of piperidine rings is 1. The van der Waals surface area contributed by atoms with E-state index in [0.717, 1.165) is 5.92 Å². The van der Waals surface area contributed by atoms with E-state index in [9.17, 15) is 0 Å². The first-order valence-corrected chi connectivity index (χ1v) is 8.89. The van der Waals surface area contributed by atoms with Crippen molar-refractivity contribution in [3.63, 3.8) is 0 Å². The van der Waals surface area contributed by atoms with Gasteiger partial charge in [-0.2, -0.15) is 0 Å². The lowest BCUT2D eigenvalue weighted by Gasteiger charge is -2.55. The van der Waals surface area contributed by atoms with Crippen LogP contribution in [-0.4, -0.2) is 12.1 Å². The van der Waals surface area contributed by atoms with Gasteiger partial charge in [0, 0.05) is 17.5 Å². The van der Waals surface area contributed by atoms with Crippen LogP contribution in [0.1, 0.15) is 68.7 Å². The molecule has 0 radical (unpaired) electrons. The van der Waals surface area contributed by atoms with E-state index in [1.54, 1.807) is 16.7 Å². The summed E-state index contributed by atoms with van der Waals surface area (Å²) in [7, 11) is 0. The maximum Gasteiger partial charge on any atom is 0.0144 e. The number of fused-ring (bicyclic) bond motifs is 4. The molecule has 3 rings (SSSR count). The molecule has 0 aromatic heterocycles. The number of aryl methyl sites for hydroxylation is 1. The monoisotopic (exact) mass is 285 g/mol. The Morgan fingerprint density at radius 3 is 2.67 bits per heavy atom. The highest BCUT2D eigenvalue weighted by Gasteiger charge is 2.50. The molecule has 2 bridgehead atoms. The van der Waals surface area contributed by atoms with Crippen molar-refractivity contribution in [1.29, 1.82) is 0 Å². The van der Waals surface area contributed by atoms with Gasteiger partial charge in [0.1, 0.15) is 0 Å². The minimum absolute atomic E-state index is 0.412. The van der Waals surface area contributed by atoms with Gasteiger partial charge in [0.15, 0.2) is 0 Å². The summed E-state index contributed by atoms with van der Waals surface area (Å²) in [4.78, 5) is 0. The van der Waals surface area contributed by atoms with Crippen LogP contribution in [0.4, 0.5) is 0 Å². The van der Waals surface area contributed by atoms with E-state index in [2.05, 4.69) is 52.1 Å². The van der Waals surface area contributed by atoms with Gasteiger partial charge in [0.25, 0.3) is 0 Å². The first-order valence-electron chi connectivity index (χ1n) is 8.89. The third kappa shape index (κ3) is 2.16. The van der Waals surface area contributed by atoms with Crippen molar-refractivity contribution in [2.75, 3.05) is 0 Å². The molecule has 0 amide bonds. The molecular weight excluding hydrogens is 254 g/mol. The van der Waals surface area contributed by atoms with Crippen molar-refractivity contribution < 1.29 is 0 Å². The van der Waals surface area contributed by atoms with Gasteiger partial charge in [-0.3, -0.25) is 0 Å². The average Bonchev–Trinajstić information content (AvgIpc) is 2.45. The summed E-state index contributed by atoms with van der Waals surface area (Å²) < 4.78 is 0. The summed E-state index contributed by atoms with van der Waals surface area (Å²) in [6, 6.07) is 6.11. The summed E-state index contributed by atoms with van der Waals surface area (Å²) in [6.07, 6.45) is 6.45. The topological polar surface area (TPSA) is 12.0 Å². The largest absolute Gasteiger partial charge is 0.311 e. The highest BCUT2D eigenvalue weighted by Crippen LogP contribution is 2.52. The molecule has 0 spiro atoms. The number of hydrogen-bond acceptors (Lipinski definition) is 1. The fourth-order valence-electron chi connectivity index (χ4n) is 5.22. The number of benzene rings is 1. The molecular formula is C20H31N. The second-order valence-corrected chi connectivity index (χ2v) is 7.52. The Labute approximate surface area is 130 Å². The third-order valence-corrected chi connectivity index (χ3v) is 6.48. The van der Waals surface area contributed by atoms with Gasteiger partial charge in [-0.15, -0.1) is 0 Å². The summed E-state index contributed by atoms with van der Waals surface area (Å²) >= 11 is 0. The summed E-state index contributed by atoms with van der Waals surface area (Å²) in [5.41, 5.74) is 6.81. The van der Waals surface area contributed by atoms with E-state index < -0.39 is 0 Å². The van der Waals surface area contributed by atoms with Crippen LogP contribution < -0.4 is 5.32 Å². The number of nitrogens with one attached hydrogen (secondary N) is 1. The first-order chi connectivity index (χ1) is 10.0. The zero-order valence-corrected chi connectivity index (χ0v) is 14.4. The minimum atomic E-state index is 0.412. The zero-order valence-electron chi connectivity index (χ0n) is 14.4. The van der Waals surface area contributed by atoms with Crippen molar-refractivity contribution in [1.82, 2.24) is 5.32 Å². The molecule has 21 heavy (non-hydrogen) atoms. The van der Waals surface area contributed by atoms with Gasteiger partial charge < -0.3 is 5.32 Å². The van der Waals surface area contributed by atoms with Gasteiger partial charge in [-0.05, 0) is 67.7 Å². The second kappa shape index (κ2) is 5.43. The molecule has 1 saturated heterocycles. The molecule has 2 aliphatic rings. The van der Waals surface area contributed by atoms with Gasteiger partial charge in [0.05, 0.1) is 0 Å². The van der Waals surface area contributed by atoms with Crippen LogP contribution in [-0.2, 0) is 11.8 Å². The van der Waals surface area contributed by atoms with Crippen LogP contribution in [0.2, 0.25) is 0 Å². The van der Waals surface area contributed by atoms with Crippen molar-refractivity contribution in [2.45, 2.75) is 84.2 Å². The third-order valence-electron chi connectivity index (χ3n) is 6.48. The predicted molar refractivity (Wildman–Crippen MR) is 91.0 cm³/mol. The molecule has 4 unspecified atom stereocenters. The maximum atomic E-state index is 3.94. The maximum absolute atomic E-state index is 3.94. The zero-order chi connectivity index (χ0) is 15.2. The molecule has 1 N–H and O–H groups in total. The molecule has 1 aliphatic carbocycles. The van der Waals surface area contributed by atoms with Crippen molar-refractivity contribution >= 4 is 0 Å². The second-order valence-electron chi connectivity index (χ2n) is 7.52. The van der Waals surface area contributed by atoms with Crippen molar-refractivity contribution in [3.05, 3.63) is 34.4 Å². The number of hydrogen-bond donors (Lipinski definition) is 1. The predicted octanol–water partition coefficient (Wildman–Crippen LogP) is 4.67. The molecule has 1 aliphatic heterocycles. The molecule has 1 fully saturated rings.